The van der Waals surface area contributed by atoms with Crippen molar-refractivity contribution in [2.75, 3.05) is 21.3 Å². The van der Waals surface area contributed by atoms with Crippen LogP contribution in [0, 0.1) is 17.3 Å². The van der Waals surface area contributed by atoms with Crippen molar-refractivity contribution in [3.8, 4) is 0 Å². The van der Waals surface area contributed by atoms with Gasteiger partial charge in [0.2, 0.25) is 0 Å². The summed E-state index contributed by atoms with van der Waals surface area (Å²) in [6.45, 7) is 9.43. The van der Waals surface area contributed by atoms with Gasteiger partial charge in [-0.05, 0) is 23.7 Å². The lowest BCUT2D eigenvalue weighted by Crippen LogP contribution is -2.41. The molecule has 1 rings (SSSR count). The van der Waals surface area contributed by atoms with E-state index in [1.54, 1.807) is 21.3 Å². The van der Waals surface area contributed by atoms with Crippen LogP contribution in [-0.4, -0.2) is 30.9 Å². The van der Waals surface area contributed by atoms with Gasteiger partial charge in [0.05, 0.1) is 0 Å². The average molecular weight is 234 g/mol. The van der Waals surface area contributed by atoms with Gasteiger partial charge in [-0.1, -0.05) is 27.7 Å². The van der Waals surface area contributed by atoms with Gasteiger partial charge in [-0.15, -0.1) is 0 Å². The molecule has 0 spiro atoms. The Hall–Kier alpha value is 0.0969. The molecule has 0 aromatic rings. The Bertz CT molecular complexity index is 154. The van der Waals surface area contributed by atoms with E-state index < -0.39 is 9.53 Å². The molecule has 15 heavy (non-hydrogen) atoms. The third-order valence-electron chi connectivity index (χ3n) is 3.82. The first kappa shape index (κ1) is 15.1. The Morgan fingerprint density at radius 3 is 1.27 bits per heavy atom. The summed E-state index contributed by atoms with van der Waals surface area (Å²) in [5.74, 6) is 1.91. The van der Waals surface area contributed by atoms with Crippen LogP contribution in [0.15, 0.2) is 0 Å². The highest BCUT2D eigenvalue weighted by Crippen LogP contribution is 2.50. The molecule has 0 aromatic carbocycles. The quantitative estimate of drug-likeness (QED) is 0.702. The first-order valence-electron chi connectivity index (χ1n) is 5.48. The zero-order valence-electron chi connectivity index (χ0n) is 11.2. The fourth-order valence-corrected chi connectivity index (χ4v) is 2.33. The zero-order valence-corrected chi connectivity index (χ0v) is 12.3. The molecule has 1 aliphatic carbocycles. The van der Waals surface area contributed by atoms with Gasteiger partial charge in [0.15, 0.2) is 0 Å². The van der Waals surface area contributed by atoms with Gasteiger partial charge in [0.25, 0.3) is 0 Å². The summed E-state index contributed by atoms with van der Waals surface area (Å²) in [7, 11) is 3.05. The van der Waals surface area contributed by atoms with E-state index in [4.69, 9.17) is 13.3 Å². The molecule has 0 aliphatic heterocycles. The lowest BCUT2D eigenvalue weighted by Gasteiger charge is -2.49. The van der Waals surface area contributed by atoms with Gasteiger partial charge in [0, 0.05) is 21.3 Å². The highest BCUT2D eigenvalue weighted by atomic mass is 28.3. The Labute approximate surface area is 96.1 Å². The van der Waals surface area contributed by atoms with Crippen molar-refractivity contribution >= 4 is 9.53 Å². The molecule has 0 aromatic heterocycles. The van der Waals surface area contributed by atoms with Crippen LogP contribution in [0.4, 0.5) is 0 Å². The minimum absolute atomic E-state index is 0.639. The van der Waals surface area contributed by atoms with Crippen molar-refractivity contribution in [2.45, 2.75) is 34.1 Å². The van der Waals surface area contributed by atoms with Crippen LogP contribution in [0.25, 0.3) is 0 Å². The van der Waals surface area contributed by atoms with E-state index in [-0.39, 0.29) is 0 Å². The van der Waals surface area contributed by atoms with Crippen molar-refractivity contribution in [2.24, 2.45) is 17.3 Å². The molecule has 1 fully saturated rings. The van der Waals surface area contributed by atoms with Crippen LogP contribution < -0.4 is 0 Å². The second kappa shape index (κ2) is 6.63. The van der Waals surface area contributed by atoms with Gasteiger partial charge in [0.1, 0.15) is 0 Å². The smallest absolute Gasteiger partial charge is 0.379 e. The maximum absolute atomic E-state index is 4.74. The van der Waals surface area contributed by atoms with Crippen LogP contribution in [0.1, 0.15) is 34.1 Å². The topological polar surface area (TPSA) is 27.7 Å². The van der Waals surface area contributed by atoms with Gasteiger partial charge in [-0.25, -0.2) is 0 Å². The monoisotopic (exact) mass is 234 g/mol. The number of rotatable bonds is 3. The SMILES string of the molecule is CC1CC(C)C1(C)C.CO[SiH](OC)OC. The summed E-state index contributed by atoms with van der Waals surface area (Å²) in [6, 6.07) is 0. The van der Waals surface area contributed by atoms with Crippen molar-refractivity contribution in [1.29, 1.82) is 0 Å². The lowest BCUT2D eigenvalue weighted by molar-refractivity contribution is 0.00567. The summed E-state index contributed by atoms with van der Waals surface area (Å²) >= 11 is 0. The fourth-order valence-electron chi connectivity index (χ4n) is 1.75. The molecule has 0 amide bonds. The second-order valence-corrected chi connectivity index (χ2v) is 6.85. The summed E-state index contributed by atoms with van der Waals surface area (Å²) < 4.78 is 14.2. The van der Waals surface area contributed by atoms with E-state index in [1.165, 1.54) is 6.42 Å². The standard InChI is InChI=1S/C8H16.C3H10O3Si/c1-6-5-7(2)8(6,3)4;1-4-7(5-2)6-3/h6-7H,5H2,1-4H3;7H,1-3H3. The largest absolute Gasteiger partial charge is 0.483 e. The zero-order chi connectivity index (χ0) is 12.1. The highest BCUT2D eigenvalue weighted by molar-refractivity contribution is 6.36. The summed E-state index contributed by atoms with van der Waals surface area (Å²) in [6.07, 6.45) is 1.44. The van der Waals surface area contributed by atoms with Gasteiger partial charge < -0.3 is 13.3 Å². The minimum Gasteiger partial charge on any atom is -0.379 e. The molecule has 3 nitrogen and oxygen atoms in total. The molecule has 1 saturated carbocycles. The Balaban J connectivity index is 0.000000265. The van der Waals surface area contributed by atoms with E-state index in [2.05, 4.69) is 27.7 Å². The van der Waals surface area contributed by atoms with Crippen molar-refractivity contribution in [3.63, 3.8) is 0 Å². The maximum atomic E-state index is 4.74. The van der Waals surface area contributed by atoms with Crippen LogP contribution in [0.5, 0.6) is 0 Å². The molecule has 1 aliphatic rings. The van der Waals surface area contributed by atoms with E-state index in [1.807, 2.05) is 0 Å². The molecule has 4 heteroatoms. The Kier molecular flexibility index (Phi) is 6.67. The number of hydrogen-bond acceptors (Lipinski definition) is 3. The average Bonchev–Trinajstić information content (AvgIpc) is 2.22. The Morgan fingerprint density at radius 1 is 0.933 bits per heavy atom. The van der Waals surface area contributed by atoms with E-state index in [9.17, 15) is 0 Å². The van der Waals surface area contributed by atoms with E-state index in [0.29, 0.717) is 5.41 Å². The molecule has 0 heterocycles. The van der Waals surface area contributed by atoms with Gasteiger partial charge in [-0.2, -0.15) is 0 Å². The lowest BCUT2D eigenvalue weighted by atomic mass is 9.56. The Morgan fingerprint density at radius 2 is 1.27 bits per heavy atom. The first-order chi connectivity index (χ1) is 6.89. The molecular weight excluding hydrogens is 208 g/mol. The summed E-state index contributed by atoms with van der Waals surface area (Å²) in [5.41, 5.74) is 0.639. The molecule has 92 valence electrons. The van der Waals surface area contributed by atoms with Crippen molar-refractivity contribution in [1.82, 2.24) is 0 Å². The fraction of sp³-hybridized carbons (Fsp3) is 1.00. The van der Waals surface area contributed by atoms with E-state index >= 15 is 0 Å². The molecule has 0 N–H and O–H groups in total. The molecular formula is C11H26O3Si. The summed E-state index contributed by atoms with van der Waals surface area (Å²) in [4.78, 5) is 0. The molecule has 0 radical (unpaired) electrons. The van der Waals surface area contributed by atoms with Crippen LogP contribution >= 0.6 is 0 Å². The normalized spacial score (nSPS) is 28.0. The first-order valence-corrected chi connectivity index (χ1v) is 6.89. The highest BCUT2D eigenvalue weighted by Gasteiger charge is 2.41. The summed E-state index contributed by atoms with van der Waals surface area (Å²) in [5, 5.41) is 0. The third-order valence-corrected chi connectivity index (χ3v) is 4.98. The molecule has 2 unspecified atom stereocenters. The van der Waals surface area contributed by atoms with Crippen LogP contribution in [-0.2, 0) is 13.3 Å². The predicted octanol–water partition coefficient (Wildman–Crippen LogP) is 2.33. The van der Waals surface area contributed by atoms with Crippen LogP contribution in [0.2, 0.25) is 0 Å². The maximum Gasteiger partial charge on any atom is 0.483 e. The van der Waals surface area contributed by atoms with Gasteiger partial charge in [-0.3, -0.25) is 0 Å². The predicted molar refractivity (Wildman–Crippen MR) is 64.9 cm³/mol. The second-order valence-electron chi connectivity index (χ2n) is 4.85. The van der Waals surface area contributed by atoms with Crippen LogP contribution in [0.3, 0.4) is 0 Å². The van der Waals surface area contributed by atoms with Gasteiger partial charge >= 0.3 is 9.53 Å². The van der Waals surface area contributed by atoms with E-state index in [0.717, 1.165) is 11.8 Å². The molecule has 0 saturated heterocycles. The van der Waals surface area contributed by atoms with Crippen molar-refractivity contribution < 1.29 is 13.3 Å². The molecule has 0 bridgehead atoms. The molecule has 2 atom stereocenters. The number of hydrogen-bond donors (Lipinski definition) is 0. The van der Waals surface area contributed by atoms with Crippen molar-refractivity contribution in [3.05, 3.63) is 0 Å². The minimum atomic E-state index is -1.67. The third kappa shape index (κ3) is 4.22.